The summed E-state index contributed by atoms with van der Waals surface area (Å²) >= 11 is 2.72. The van der Waals surface area contributed by atoms with Gasteiger partial charge in [-0.05, 0) is 49.1 Å². The van der Waals surface area contributed by atoms with Crippen LogP contribution < -0.4 is 5.32 Å². The van der Waals surface area contributed by atoms with Crippen molar-refractivity contribution in [1.82, 2.24) is 4.31 Å². The maximum absolute atomic E-state index is 12.7. The van der Waals surface area contributed by atoms with E-state index in [1.807, 2.05) is 0 Å². The van der Waals surface area contributed by atoms with Crippen LogP contribution in [0.15, 0.2) is 21.7 Å². The van der Waals surface area contributed by atoms with Crippen LogP contribution in [0.4, 0.5) is 5.00 Å². The first-order valence-corrected chi connectivity index (χ1v) is 12.0. The van der Waals surface area contributed by atoms with Gasteiger partial charge in [-0.25, -0.2) is 8.42 Å². The summed E-state index contributed by atoms with van der Waals surface area (Å²) in [4.78, 5) is 13.9. The van der Waals surface area contributed by atoms with E-state index in [1.54, 1.807) is 17.5 Å². The summed E-state index contributed by atoms with van der Waals surface area (Å²) in [5.74, 6) is -0.345. The number of fused-ring (bicyclic) bond motifs is 1. The molecule has 1 N–H and O–H groups in total. The molecule has 142 valence electrons. The van der Waals surface area contributed by atoms with Crippen molar-refractivity contribution in [2.45, 2.75) is 36.3 Å². The van der Waals surface area contributed by atoms with Gasteiger partial charge in [-0.3, -0.25) is 4.79 Å². The standard InChI is InChI=1S/C18H19N3O3S3/c19-11-14-13-3-1-4-15(13)26-18(14)20-17(22)12-6-8-21(9-7-12)27(23,24)16-5-2-10-25-16/h2,5,10,12H,1,3-4,6-9H2,(H,20,22). The number of anilines is 1. The highest BCUT2D eigenvalue weighted by Crippen LogP contribution is 2.39. The highest BCUT2D eigenvalue weighted by Gasteiger charge is 2.33. The van der Waals surface area contributed by atoms with Crippen molar-refractivity contribution in [3.63, 3.8) is 0 Å². The molecule has 0 atom stereocenters. The van der Waals surface area contributed by atoms with E-state index in [0.29, 0.717) is 40.7 Å². The lowest BCUT2D eigenvalue weighted by Gasteiger charge is -2.30. The molecule has 2 aliphatic rings. The minimum Gasteiger partial charge on any atom is -0.316 e. The first-order chi connectivity index (χ1) is 13.0. The van der Waals surface area contributed by atoms with Crippen LogP contribution in [0.3, 0.4) is 0 Å². The normalized spacial score (nSPS) is 18.2. The van der Waals surface area contributed by atoms with E-state index in [0.717, 1.165) is 24.8 Å². The van der Waals surface area contributed by atoms with Crippen LogP contribution in [0, 0.1) is 17.2 Å². The predicted molar refractivity (Wildman–Crippen MR) is 105 cm³/mol. The number of thiophene rings is 2. The van der Waals surface area contributed by atoms with E-state index in [4.69, 9.17) is 0 Å². The summed E-state index contributed by atoms with van der Waals surface area (Å²) in [6.45, 7) is 0.675. The lowest BCUT2D eigenvalue weighted by molar-refractivity contribution is -0.120. The number of carbonyl (C=O) groups excluding carboxylic acids is 1. The molecule has 0 radical (unpaired) electrons. The molecule has 3 heterocycles. The average Bonchev–Trinajstić information content (AvgIpc) is 3.39. The van der Waals surface area contributed by atoms with Crippen LogP contribution in [0.1, 0.15) is 35.3 Å². The van der Waals surface area contributed by atoms with Gasteiger partial charge >= 0.3 is 0 Å². The van der Waals surface area contributed by atoms with E-state index < -0.39 is 10.0 Å². The third-order valence-corrected chi connectivity index (χ3v) is 9.66. The van der Waals surface area contributed by atoms with E-state index in [1.165, 1.54) is 31.9 Å². The smallest absolute Gasteiger partial charge is 0.252 e. The number of sulfonamides is 1. The molecule has 1 fully saturated rings. The van der Waals surface area contributed by atoms with Gasteiger partial charge in [0, 0.05) is 23.9 Å². The van der Waals surface area contributed by atoms with Gasteiger partial charge < -0.3 is 5.32 Å². The third kappa shape index (κ3) is 3.43. The Kier molecular flexibility index (Phi) is 5.07. The number of carbonyl (C=O) groups is 1. The number of rotatable bonds is 4. The molecule has 2 aromatic rings. The Labute approximate surface area is 166 Å². The van der Waals surface area contributed by atoms with Crippen molar-refractivity contribution in [1.29, 1.82) is 5.26 Å². The quantitative estimate of drug-likeness (QED) is 0.821. The van der Waals surface area contributed by atoms with Gasteiger partial charge in [0.1, 0.15) is 15.3 Å². The van der Waals surface area contributed by atoms with E-state index in [9.17, 15) is 18.5 Å². The van der Waals surface area contributed by atoms with Crippen molar-refractivity contribution in [2.75, 3.05) is 18.4 Å². The molecular formula is C18H19N3O3S3. The Hall–Kier alpha value is -1.73. The van der Waals surface area contributed by atoms with Gasteiger partial charge in [0.15, 0.2) is 0 Å². The fourth-order valence-electron chi connectivity index (χ4n) is 3.72. The first-order valence-electron chi connectivity index (χ1n) is 8.90. The maximum atomic E-state index is 12.7. The maximum Gasteiger partial charge on any atom is 0.252 e. The second-order valence-corrected chi connectivity index (χ2v) is 11.0. The van der Waals surface area contributed by atoms with Crippen LogP contribution in [0.2, 0.25) is 0 Å². The van der Waals surface area contributed by atoms with Gasteiger partial charge in [-0.15, -0.1) is 22.7 Å². The summed E-state index contributed by atoms with van der Waals surface area (Å²) in [5, 5.41) is 14.8. The number of nitrogens with zero attached hydrogens (tertiary/aromatic N) is 2. The molecule has 2 aromatic heterocycles. The zero-order valence-electron chi connectivity index (χ0n) is 14.6. The Morgan fingerprint density at radius 2 is 2.07 bits per heavy atom. The summed E-state index contributed by atoms with van der Waals surface area (Å²) < 4.78 is 27.0. The van der Waals surface area contributed by atoms with Crippen LogP contribution in [-0.2, 0) is 27.7 Å². The molecule has 1 aliphatic carbocycles. The summed E-state index contributed by atoms with van der Waals surface area (Å²) in [6.07, 6.45) is 3.93. The molecular weight excluding hydrogens is 402 g/mol. The fraction of sp³-hybridized carbons (Fsp3) is 0.444. The predicted octanol–water partition coefficient (Wildman–Crippen LogP) is 3.21. The highest BCUT2D eigenvalue weighted by molar-refractivity contribution is 7.91. The third-order valence-electron chi connectivity index (χ3n) is 5.18. The van der Waals surface area contributed by atoms with Crippen LogP contribution in [-0.4, -0.2) is 31.7 Å². The van der Waals surface area contributed by atoms with Crippen molar-refractivity contribution in [3.8, 4) is 6.07 Å². The number of amides is 1. The second-order valence-electron chi connectivity index (χ2n) is 6.77. The van der Waals surface area contributed by atoms with Gasteiger partial charge in [-0.1, -0.05) is 6.07 Å². The topological polar surface area (TPSA) is 90.3 Å². The minimum absolute atomic E-state index is 0.111. The average molecular weight is 422 g/mol. The van der Waals surface area contributed by atoms with Crippen molar-refractivity contribution >= 4 is 43.6 Å². The Balaban J connectivity index is 1.41. The van der Waals surface area contributed by atoms with E-state index in [2.05, 4.69) is 11.4 Å². The molecule has 1 saturated heterocycles. The lowest BCUT2D eigenvalue weighted by atomic mass is 9.97. The number of aryl methyl sites for hydroxylation is 1. The monoisotopic (exact) mass is 421 g/mol. The largest absolute Gasteiger partial charge is 0.316 e. The summed E-state index contributed by atoms with van der Waals surface area (Å²) in [5.41, 5.74) is 1.70. The lowest BCUT2D eigenvalue weighted by Crippen LogP contribution is -2.41. The highest BCUT2D eigenvalue weighted by atomic mass is 32.2. The number of nitriles is 1. The Morgan fingerprint density at radius 1 is 1.30 bits per heavy atom. The molecule has 4 rings (SSSR count). The van der Waals surface area contributed by atoms with Gasteiger partial charge in [-0.2, -0.15) is 9.57 Å². The fourth-order valence-corrected chi connectivity index (χ4v) is 7.58. The van der Waals surface area contributed by atoms with Crippen molar-refractivity contribution < 1.29 is 13.2 Å². The van der Waals surface area contributed by atoms with Crippen molar-refractivity contribution in [3.05, 3.63) is 33.5 Å². The molecule has 27 heavy (non-hydrogen) atoms. The molecule has 0 unspecified atom stereocenters. The molecule has 9 heteroatoms. The molecule has 1 amide bonds. The second kappa shape index (κ2) is 7.36. The summed E-state index contributed by atoms with van der Waals surface area (Å²) in [6, 6.07) is 5.57. The van der Waals surface area contributed by atoms with Crippen LogP contribution in [0.25, 0.3) is 0 Å². The first kappa shape index (κ1) is 18.6. The molecule has 6 nitrogen and oxygen atoms in total. The number of piperidine rings is 1. The van der Waals surface area contributed by atoms with Crippen LogP contribution >= 0.6 is 22.7 Å². The van der Waals surface area contributed by atoms with Gasteiger partial charge in [0.25, 0.3) is 10.0 Å². The minimum atomic E-state index is -3.46. The zero-order chi connectivity index (χ0) is 19.0. The Bertz CT molecular complexity index is 995. The van der Waals surface area contributed by atoms with E-state index in [-0.39, 0.29) is 11.8 Å². The Morgan fingerprint density at radius 3 is 2.74 bits per heavy atom. The SMILES string of the molecule is N#Cc1c(NC(=O)C2CCN(S(=O)(=O)c3cccs3)CC2)sc2c1CCC2. The molecule has 0 saturated carbocycles. The van der Waals surface area contributed by atoms with Gasteiger partial charge in [0.05, 0.1) is 5.56 Å². The number of hydrogen-bond donors (Lipinski definition) is 1. The molecule has 0 bridgehead atoms. The molecule has 0 spiro atoms. The van der Waals surface area contributed by atoms with Crippen molar-refractivity contribution in [2.24, 2.45) is 5.92 Å². The molecule has 1 aliphatic heterocycles. The molecule has 0 aromatic carbocycles. The number of nitrogens with one attached hydrogen (secondary N) is 1. The zero-order valence-corrected chi connectivity index (χ0v) is 17.1. The van der Waals surface area contributed by atoms with Crippen LogP contribution in [0.5, 0.6) is 0 Å². The summed E-state index contributed by atoms with van der Waals surface area (Å²) in [7, 11) is -3.46. The number of hydrogen-bond acceptors (Lipinski definition) is 6. The van der Waals surface area contributed by atoms with E-state index >= 15 is 0 Å². The van der Waals surface area contributed by atoms with Gasteiger partial charge in [0.2, 0.25) is 5.91 Å².